The van der Waals surface area contributed by atoms with Crippen LogP contribution >= 0.6 is 9.24 Å². The summed E-state index contributed by atoms with van der Waals surface area (Å²) in [7, 11) is 6.36. The lowest BCUT2D eigenvalue weighted by Gasteiger charge is -2.15. The van der Waals surface area contributed by atoms with Crippen LogP contribution in [0.15, 0.2) is 54.6 Å². The molecule has 25 heavy (non-hydrogen) atoms. The summed E-state index contributed by atoms with van der Waals surface area (Å²) < 4.78 is 11.6. The predicted octanol–water partition coefficient (Wildman–Crippen LogP) is 4.64. The van der Waals surface area contributed by atoms with E-state index in [2.05, 4.69) is 63.8 Å². The monoisotopic (exact) mass is 348 g/mol. The highest BCUT2D eigenvalue weighted by Gasteiger charge is 2.18. The Labute approximate surface area is 151 Å². The molecule has 3 aromatic rings. The molecule has 0 N–H and O–H groups in total. The van der Waals surface area contributed by atoms with Gasteiger partial charge in [0.25, 0.3) is 0 Å². The molecule has 3 heteroatoms. The second-order valence-corrected chi connectivity index (χ2v) is 6.92. The molecule has 0 saturated carbocycles. The molecule has 3 aromatic carbocycles. The van der Waals surface area contributed by atoms with Crippen LogP contribution in [-0.2, 0) is 12.8 Å². The van der Waals surface area contributed by atoms with Crippen LogP contribution in [0.2, 0.25) is 0 Å². The first-order chi connectivity index (χ1) is 12.2. The van der Waals surface area contributed by atoms with Crippen LogP contribution in [0.5, 0.6) is 11.5 Å². The molecule has 1 unspecified atom stereocenters. The fraction of sp³-hybridized carbons (Fsp3) is 0.182. The van der Waals surface area contributed by atoms with Crippen molar-refractivity contribution in [3.8, 4) is 33.8 Å². The minimum atomic E-state index is 0.916. The average Bonchev–Trinajstić information content (AvgIpc) is 2.65. The van der Waals surface area contributed by atoms with Crippen molar-refractivity contribution >= 4 is 14.5 Å². The number of benzene rings is 3. The normalized spacial score (nSPS) is 12.3. The summed E-state index contributed by atoms with van der Waals surface area (Å²) in [5.41, 5.74) is 7.07. The van der Waals surface area contributed by atoms with Gasteiger partial charge in [0.1, 0.15) is 11.5 Å². The summed E-state index contributed by atoms with van der Waals surface area (Å²) in [6.45, 7) is 0. The highest BCUT2D eigenvalue weighted by atomic mass is 31.0. The zero-order valence-corrected chi connectivity index (χ0v) is 15.7. The quantitative estimate of drug-likeness (QED) is 0.628. The Morgan fingerprint density at radius 2 is 1.32 bits per heavy atom. The van der Waals surface area contributed by atoms with Crippen molar-refractivity contribution in [2.24, 2.45) is 0 Å². The van der Waals surface area contributed by atoms with Gasteiger partial charge in [-0.25, -0.2) is 0 Å². The minimum Gasteiger partial charge on any atom is -0.496 e. The van der Waals surface area contributed by atoms with E-state index in [1.807, 2.05) is 0 Å². The molecule has 0 heterocycles. The van der Waals surface area contributed by atoms with Crippen molar-refractivity contribution in [1.29, 1.82) is 0 Å². The number of para-hydroxylation sites is 2. The van der Waals surface area contributed by atoms with Crippen LogP contribution in [0.3, 0.4) is 0 Å². The largest absolute Gasteiger partial charge is 0.496 e. The van der Waals surface area contributed by atoms with Crippen molar-refractivity contribution in [3.05, 3.63) is 65.7 Å². The second-order valence-electron chi connectivity index (χ2n) is 6.30. The average molecular weight is 348 g/mol. The highest BCUT2D eigenvalue weighted by molar-refractivity contribution is 7.28. The van der Waals surface area contributed by atoms with Gasteiger partial charge < -0.3 is 9.47 Å². The van der Waals surface area contributed by atoms with Gasteiger partial charge in [0, 0.05) is 11.1 Å². The van der Waals surface area contributed by atoms with E-state index in [9.17, 15) is 0 Å². The van der Waals surface area contributed by atoms with Crippen LogP contribution < -0.4 is 14.8 Å². The van der Waals surface area contributed by atoms with E-state index in [0.717, 1.165) is 46.3 Å². The third-order valence-electron chi connectivity index (χ3n) is 4.92. The summed E-state index contributed by atoms with van der Waals surface area (Å²) in [5, 5.41) is 1.16. The van der Waals surface area contributed by atoms with E-state index in [-0.39, 0.29) is 0 Å². The van der Waals surface area contributed by atoms with Gasteiger partial charge in [-0.1, -0.05) is 48.5 Å². The molecule has 1 atom stereocenters. The maximum atomic E-state index is 5.82. The first-order valence-corrected chi connectivity index (χ1v) is 9.02. The topological polar surface area (TPSA) is 18.5 Å². The Morgan fingerprint density at radius 1 is 0.720 bits per heavy atom. The molecule has 1 aliphatic rings. The highest BCUT2D eigenvalue weighted by Crippen LogP contribution is 2.40. The third kappa shape index (κ3) is 2.71. The number of aryl methyl sites for hydroxylation is 2. The van der Waals surface area contributed by atoms with Crippen molar-refractivity contribution in [3.63, 3.8) is 0 Å². The van der Waals surface area contributed by atoms with Crippen LogP contribution in [-0.4, -0.2) is 14.2 Å². The van der Waals surface area contributed by atoms with E-state index >= 15 is 0 Å². The SMILES string of the molecule is COc1c2cccc1-c1ccc(P)c(c1)-c1cccc(c1OC)CC2. The van der Waals surface area contributed by atoms with E-state index in [0.29, 0.717) is 0 Å². The molecule has 0 fully saturated rings. The molecule has 126 valence electrons. The van der Waals surface area contributed by atoms with Gasteiger partial charge in [0.2, 0.25) is 0 Å². The van der Waals surface area contributed by atoms with E-state index in [1.165, 1.54) is 16.7 Å². The van der Waals surface area contributed by atoms with E-state index < -0.39 is 0 Å². The zero-order valence-electron chi connectivity index (χ0n) is 14.5. The van der Waals surface area contributed by atoms with E-state index in [1.54, 1.807) is 14.2 Å². The van der Waals surface area contributed by atoms with Crippen LogP contribution in [0.1, 0.15) is 11.1 Å². The van der Waals surface area contributed by atoms with Crippen LogP contribution in [0.4, 0.5) is 0 Å². The number of hydrogen-bond donors (Lipinski definition) is 0. The Hall–Kier alpha value is -2.31. The maximum absolute atomic E-state index is 5.82. The molecule has 0 amide bonds. The number of ether oxygens (including phenoxy) is 2. The summed E-state index contributed by atoms with van der Waals surface area (Å²) in [5.74, 6) is 1.94. The lowest BCUT2D eigenvalue weighted by molar-refractivity contribution is 0.408. The molecule has 6 bridgehead atoms. The van der Waals surface area contributed by atoms with Gasteiger partial charge in [-0.15, -0.1) is 9.24 Å². The lowest BCUT2D eigenvalue weighted by Crippen LogP contribution is -2.01. The molecule has 2 nitrogen and oxygen atoms in total. The molecule has 0 aliphatic heterocycles. The maximum Gasteiger partial charge on any atom is 0.129 e. The zero-order chi connectivity index (χ0) is 17.4. The summed E-state index contributed by atoms with van der Waals surface area (Å²) in [6, 6.07) is 19.4. The standard InChI is InChI=1S/C22H21O2P/c1-23-21-14-5-3-7-17(21)16-11-12-20(25)19(13-16)18-8-4-6-15(10-9-14)22(18)24-2/h3-8,11-13H,9-10,25H2,1-2H3. The predicted molar refractivity (Wildman–Crippen MR) is 107 cm³/mol. The molecule has 4 rings (SSSR count). The summed E-state index contributed by atoms with van der Waals surface area (Å²) >= 11 is 0. The van der Waals surface area contributed by atoms with Crippen molar-refractivity contribution in [2.75, 3.05) is 14.2 Å². The molecule has 0 radical (unpaired) electrons. The Morgan fingerprint density at radius 3 is 1.96 bits per heavy atom. The molecule has 0 aromatic heterocycles. The molecular weight excluding hydrogens is 327 g/mol. The summed E-state index contributed by atoms with van der Waals surface area (Å²) in [4.78, 5) is 0. The number of rotatable bonds is 2. The van der Waals surface area contributed by atoms with Gasteiger partial charge >= 0.3 is 0 Å². The fourth-order valence-corrected chi connectivity index (χ4v) is 4.05. The molecule has 0 spiro atoms. The summed E-state index contributed by atoms with van der Waals surface area (Å²) in [6.07, 6.45) is 1.83. The van der Waals surface area contributed by atoms with Gasteiger partial charge in [-0.05, 0) is 46.5 Å². The Kier molecular flexibility index (Phi) is 4.23. The number of methoxy groups -OCH3 is 2. The Bertz CT molecular complexity index is 947. The van der Waals surface area contributed by atoms with Crippen LogP contribution in [0.25, 0.3) is 22.3 Å². The second kappa shape index (κ2) is 6.54. The van der Waals surface area contributed by atoms with Gasteiger partial charge in [-0.2, -0.15) is 0 Å². The number of hydrogen-bond acceptors (Lipinski definition) is 2. The van der Waals surface area contributed by atoms with Crippen LogP contribution in [0, 0.1) is 0 Å². The van der Waals surface area contributed by atoms with Crippen molar-refractivity contribution in [1.82, 2.24) is 0 Å². The first kappa shape index (κ1) is 16.2. The molecule has 1 aliphatic carbocycles. The Balaban J connectivity index is 2.08. The molecular formula is C22H21O2P. The van der Waals surface area contributed by atoms with Gasteiger partial charge in [0.05, 0.1) is 14.2 Å². The molecule has 0 saturated heterocycles. The first-order valence-electron chi connectivity index (χ1n) is 8.45. The van der Waals surface area contributed by atoms with Gasteiger partial charge in [-0.3, -0.25) is 0 Å². The number of fused-ring (bicyclic) bond motifs is 8. The van der Waals surface area contributed by atoms with E-state index in [4.69, 9.17) is 9.47 Å². The third-order valence-corrected chi connectivity index (χ3v) is 5.42. The van der Waals surface area contributed by atoms with Gasteiger partial charge in [0.15, 0.2) is 0 Å². The van der Waals surface area contributed by atoms with Crippen molar-refractivity contribution in [2.45, 2.75) is 12.8 Å². The van der Waals surface area contributed by atoms with Crippen molar-refractivity contribution < 1.29 is 9.47 Å². The minimum absolute atomic E-state index is 0.916. The lowest BCUT2D eigenvalue weighted by atomic mass is 9.96. The smallest absolute Gasteiger partial charge is 0.129 e. The fourth-order valence-electron chi connectivity index (χ4n) is 3.71.